The van der Waals surface area contributed by atoms with Crippen molar-refractivity contribution in [3.63, 3.8) is 0 Å². The summed E-state index contributed by atoms with van der Waals surface area (Å²) in [5.41, 5.74) is 0.945. The van der Waals surface area contributed by atoms with E-state index in [4.69, 9.17) is 0 Å². The Morgan fingerprint density at radius 2 is 2.26 bits per heavy atom. The number of nitro groups is 1. The lowest BCUT2D eigenvalue weighted by Gasteiger charge is -2.07. The maximum atomic E-state index is 11.3. The summed E-state index contributed by atoms with van der Waals surface area (Å²) in [6, 6.07) is 0. The summed E-state index contributed by atoms with van der Waals surface area (Å²) in [6.45, 7) is 2.61. The predicted molar refractivity (Wildman–Crippen MR) is 78.5 cm³/mol. The number of anilines is 1. The van der Waals surface area contributed by atoms with Gasteiger partial charge in [0.05, 0.1) is 4.92 Å². The molecule has 0 unspecified atom stereocenters. The van der Waals surface area contributed by atoms with Crippen LogP contribution >= 0.6 is 27.3 Å². The molecule has 0 aromatic carbocycles. The van der Waals surface area contributed by atoms with Crippen molar-refractivity contribution in [3.8, 4) is 11.3 Å². The molecule has 6 nitrogen and oxygen atoms in total. The topological polar surface area (TPSA) is 81.0 Å². The highest BCUT2D eigenvalue weighted by Crippen LogP contribution is 2.38. The molecule has 8 heteroatoms. The minimum Gasteiger partial charge on any atom is -0.364 e. The molecule has 0 fully saturated rings. The van der Waals surface area contributed by atoms with E-state index in [1.165, 1.54) is 17.7 Å². The van der Waals surface area contributed by atoms with Gasteiger partial charge in [-0.1, -0.05) is 6.92 Å². The first-order chi connectivity index (χ1) is 9.15. The summed E-state index contributed by atoms with van der Waals surface area (Å²) in [6.07, 6.45) is 2.20. The molecule has 0 bridgehead atoms. The number of nitrogens with zero attached hydrogens (tertiary/aromatic N) is 3. The monoisotopic (exact) mass is 342 g/mol. The average molecular weight is 343 g/mol. The van der Waals surface area contributed by atoms with Crippen LogP contribution in [0.5, 0.6) is 0 Å². The summed E-state index contributed by atoms with van der Waals surface area (Å²) in [4.78, 5) is 18.9. The van der Waals surface area contributed by atoms with E-state index in [0.29, 0.717) is 17.8 Å². The third kappa shape index (κ3) is 2.90. The molecule has 0 saturated heterocycles. The van der Waals surface area contributed by atoms with Gasteiger partial charge in [0.1, 0.15) is 6.33 Å². The fourth-order valence-electron chi connectivity index (χ4n) is 1.57. The van der Waals surface area contributed by atoms with Gasteiger partial charge in [-0.05, 0) is 22.4 Å². The summed E-state index contributed by atoms with van der Waals surface area (Å²) >= 11 is 4.83. The Bertz CT molecular complexity index is 602. The van der Waals surface area contributed by atoms with Crippen molar-refractivity contribution >= 4 is 38.8 Å². The maximum absolute atomic E-state index is 11.3. The summed E-state index contributed by atoms with van der Waals surface area (Å²) < 4.78 is 0.792. The second-order valence-corrected chi connectivity index (χ2v) is 5.33. The number of halogens is 1. The van der Waals surface area contributed by atoms with Crippen molar-refractivity contribution in [2.24, 2.45) is 0 Å². The molecule has 2 rings (SSSR count). The Morgan fingerprint density at radius 1 is 1.47 bits per heavy atom. The van der Waals surface area contributed by atoms with Gasteiger partial charge in [-0.25, -0.2) is 9.97 Å². The molecule has 0 aliphatic rings. The van der Waals surface area contributed by atoms with E-state index >= 15 is 0 Å². The molecule has 0 aliphatic heterocycles. The van der Waals surface area contributed by atoms with Gasteiger partial charge < -0.3 is 5.32 Å². The molecule has 19 heavy (non-hydrogen) atoms. The Hall–Kier alpha value is -1.54. The van der Waals surface area contributed by atoms with Crippen LogP contribution in [-0.4, -0.2) is 21.4 Å². The molecule has 0 saturated carbocycles. The first kappa shape index (κ1) is 13.9. The second kappa shape index (κ2) is 6.07. The molecule has 100 valence electrons. The summed E-state index contributed by atoms with van der Waals surface area (Å²) in [5, 5.41) is 17.9. The lowest BCUT2D eigenvalue weighted by Crippen LogP contribution is -2.07. The highest BCUT2D eigenvalue weighted by molar-refractivity contribution is 9.10. The first-order valence-corrected chi connectivity index (χ1v) is 7.34. The molecule has 1 N–H and O–H groups in total. The maximum Gasteiger partial charge on any atom is 0.337 e. The van der Waals surface area contributed by atoms with Crippen LogP contribution in [0.1, 0.15) is 13.3 Å². The van der Waals surface area contributed by atoms with Gasteiger partial charge in [0, 0.05) is 27.3 Å². The number of hydrogen-bond donors (Lipinski definition) is 1. The molecule has 2 aromatic rings. The zero-order valence-electron chi connectivity index (χ0n) is 10.1. The SMILES string of the molecule is CCCNc1ncnc(-c2cscc2Br)c1[N+](=O)[O-]. The number of hydrogen-bond acceptors (Lipinski definition) is 6. The van der Waals surface area contributed by atoms with Crippen LogP contribution in [0.2, 0.25) is 0 Å². The van der Waals surface area contributed by atoms with Gasteiger partial charge >= 0.3 is 5.69 Å². The van der Waals surface area contributed by atoms with Crippen molar-refractivity contribution in [1.82, 2.24) is 9.97 Å². The van der Waals surface area contributed by atoms with E-state index < -0.39 is 4.92 Å². The van der Waals surface area contributed by atoms with E-state index in [-0.39, 0.29) is 11.5 Å². The van der Waals surface area contributed by atoms with Crippen LogP contribution in [0.15, 0.2) is 21.6 Å². The van der Waals surface area contributed by atoms with E-state index in [1.807, 2.05) is 17.7 Å². The highest BCUT2D eigenvalue weighted by Gasteiger charge is 2.25. The smallest absolute Gasteiger partial charge is 0.337 e. The molecule has 0 aliphatic carbocycles. The second-order valence-electron chi connectivity index (χ2n) is 3.74. The molecule has 0 amide bonds. The molecule has 0 radical (unpaired) electrons. The quantitative estimate of drug-likeness (QED) is 0.661. The van der Waals surface area contributed by atoms with Crippen molar-refractivity contribution < 1.29 is 4.92 Å². The van der Waals surface area contributed by atoms with Crippen molar-refractivity contribution in [3.05, 3.63) is 31.7 Å². The molecule has 0 atom stereocenters. The number of rotatable bonds is 5. The lowest BCUT2D eigenvalue weighted by molar-refractivity contribution is -0.383. The lowest BCUT2D eigenvalue weighted by atomic mass is 10.2. The number of aromatic nitrogens is 2. The van der Waals surface area contributed by atoms with Gasteiger partial charge in [-0.3, -0.25) is 10.1 Å². The fourth-order valence-corrected chi connectivity index (χ4v) is 3.04. The van der Waals surface area contributed by atoms with Crippen LogP contribution in [-0.2, 0) is 0 Å². The van der Waals surface area contributed by atoms with Gasteiger partial charge in [-0.15, -0.1) is 0 Å². The molecule has 2 aromatic heterocycles. The standard InChI is InChI=1S/C11H11BrN4O2S/c1-2-3-13-11-10(16(17)18)9(14-6-15-11)7-4-19-5-8(7)12/h4-6H,2-3H2,1H3,(H,13,14,15). The molecule has 2 heterocycles. The minimum atomic E-state index is -0.447. The highest BCUT2D eigenvalue weighted by atomic mass is 79.9. The third-order valence-corrected chi connectivity index (χ3v) is 4.12. The number of nitrogens with one attached hydrogen (secondary N) is 1. The summed E-state index contributed by atoms with van der Waals surface area (Å²) in [7, 11) is 0. The van der Waals surface area contributed by atoms with E-state index in [2.05, 4.69) is 31.2 Å². The van der Waals surface area contributed by atoms with Crippen LogP contribution < -0.4 is 5.32 Å². The predicted octanol–water partition coefficient (Wildman–Crippen LogP) is 3.70. The van der Waals surface area contributed by atoms with E-state index in [9.17, 15) is 10.1 Å². The van der Waals surface area contributed by atoms with Crippen LogP contribution in [0.4, 0.5) is 11.5 Å². The van der Waals surface area contributed by atoms with Crippen molar-refractivity contribution in [1.29, 1.82) is 0 Å². The van der Waals surface area contributed by atoms with Gasteiger partial charge in [0.25, 0.3) is 0 Å². The zero-order valence-corrected chi connectivity index (χ0v) is 12.5. The number of thiophene rings is 1. The normalized spacial score (nSPS) is 10.4. The zero-order chi connectivity index (χ0) is 13.8. The van der Waals surface area contributed by atoms with Gasteiger partial charge in [0.2, 0.25) is 5.82 Å². The van der Waals surface area contributed by atoms with Gasteiger partial charge in [0.15, 0.2) is 5.69 Å². The van der Waals surface area contributed by atoms with E-state index in [0.717, 1.165) is 10.9 Å². The Morgan fingerprint density at radius 3 is 2.84 bits per heavy atom. The molecule has 0 spiro atoms. The first-order valence-electron chi connectivity index (χ1n) is 5.60. The average Bonchev–Trinajstić information content (AvgIpc) is 2.81. The van der Waals surface area contributed by atoms with E-state index in [1.54, 1.807) is 0 Å². The Labute approximate surface area is 122 Å². The summed E-state index contributed by atoms with van der Waals surface area (Å²) in [5.74, 6) is 0.259. The third-order valence-electron chi connectivity index (χ3n) is 2.42. The Balaban J connectivity index is 2.55. The van der Waals surface area contributed by atoms with Gasteiger partial charge in [-0.2, -0.15) is 11.3 Å². The molecular formula is C11H11BrN4O2S. The van der Waals surface area contributed by atoms with Crippen LogP contribution in [0.25, 0.3) is 11.3 Å². The van der Waals surface area contributed by atoms with Crippen molar-refractivity contribution in [2.45, 2.75) is 13.3 Å². The largest absolute Gasteiger partial charge is 0.364 e. The van der Waals surface area contributed by atoms with Crippen LogP contribution in [0.3, 0.4) is 0 Å². The minimum absolute atomic E-state index is 0.0879. The molecular weight excluding hydrogens is 332 g/mol. The van der Waals surface area contributed by atoms with Crippen molar-refractivity contribution in [2.75, 3.05) is 11.9 Å². The van der Waals surface area contributed by atoms with Crippen LogP contribution in [0, 0.1) is 10.1 Å². The fraction of sp³-hybridized carbons (Fsp3) is 0.273. The Kier molecular flexibility index (Phi) is 4.43.